The first-order valence-electron chi connectivity index (χ1n) is 6.91. The van der Waals surface area contributed by atoms with Crippen LogP contribution in [0.5, 0.6) is 0 Å². The third-order valence-corrected chi connectivity index (χ3v) is 3.39. The van der Waals surface area contributed by atoms with E-state index in [1.165, 1.54) is 0 Å². The quantitative estimate of drug-likeness (QED) is 0.800. The molecular formula is C14H27NO4. The summed E-state index contributed by atoms with van der Waals surface area (Å²) in [5.74, 6) is 0.323. The largest absolute Gasteiger partial charge is 0.444 e. The summed E-state index contributed by atoms with van der Waals surface area (Å²) >= 11 is 0. The summed E-state index contributed by atoms with van der Waals surface area (Å²) in [4.78, 5) is 11.8. The second kappa shape index (κ2) is 7.10. The molecule has 0 radical (unpaired) electrons. The van der Waals surface area contributed by atoms with Gasteiger partial charge in [-0.1, -0.05) is 0 Å². The third kappa shape index (κ3) is 5.78. The number of ether oxygens (including phenoxy) is 3. The van der Waals surface area contributed by atoms with E-state index in [4.69, 9.17) is 14.2 Å². The van der Waals surface area contributed by atoms with Crippen LogP contribution >= 0.6 is 0 Å². The third-order valence-electron chi connectivity index (χ3n) is 3.39. The van der Waals surface area contributed by atoms with E-state index in [1.807, 2.05) is 20.8 Å². The summed E-state index contributed by atoms with van der Waals surface area (Å²) in [5, 5.41) is 2.80. The Balaban J connectivity index is 2.43. The fraction of sp³-hybridized carbons (Fsp3) is 0.929. The maximum absolute atomic E-state index is 11.8. The zero-order valence-corrected chi connectivity index (χ0v) is 12.7. The summed E-state index contributed by atoms with van der Waals surface area (Å²) in [6, 6.07) is 0. The molecule has 1 rings (SSSR count). The molecule has 112 valence electrons. The number of carbonyl (C=O) groups excluding carboxylic acids is 1. The van der Waals surface area contributed by atoms with Crippen LogP contribution in [-0.4, -0.2) is 38.2 Å². The molecule has 1 aliphatic rings. The minimum Gasteiger partial charge on any atom is -0.444 e. The SMILES string of the molecule is COC1CCC(C(NC(=O)OC(C)(C)C)OC)CC1. The van der Waals surface area contributed by atoms with Crippen molar-refractivity contribution in [2.75, 3.05) is 14.2 Å². The van der Waals surface area contributed by atoms with Crippen molar-refractivity contribution in [2.45, 2.75) is 64.4 Å². The minimum absolute atomic E-state index is 0.285. The first kappa shape index (κ1) is 16.2. The molecule has 5 heteroatoms. The van der Waals surface area contributed by atoms with Gasteiger partial charge in [-0.2, -0.15) is 0 Å². The van der Waals surface area contributed by atoms with E-state index in [-0.39, 0.29) is 6.23 Å². The van der Waals surface area contributed by atoms with Crippen molar-refractivity contribution in [1.82, 2.24) is 5.32 Å². The average molecular weight is 273 g/mol. The van der Waals surface area contributed by atoms with Crippen LogP contribution in [0.2, 0.25) is 0 Å². The average Bonchev–Trinajstić information content (AvgIpc) is 2.34. The molecule has 1 fully saturated rings. The van der Waals surface area contributed by atoms with Gasteiger partial charge >= 0.3 is 6.09 Å². The molecule has 1 N–H and O–H groups in total. The lowest BCUT2D eigenvalue weighted by Crippen LogP contribution is -2.45. The summed E-state index contributed by atoms with van der Waals surface area (Å²) in [6.07, 6.45) is 3.64. The van der Waals surface area contributed by atoms with Gasteiger partial charge in [-0.05, 0) is 46.5 Å². The summed E-state index contributed by atoms with van der Waals surface area (Å²) in [7, 11) is 3.36. The predicted molar refractivity (Wildman–Crippen MR) is 72.9 cm³/mol. The van der Waals surface area contributed by atoms with Gasteiger partial charge in [0, 0.05) is 20.1 Å². The Morgan fingerprint density at radius 3 is 2.16 bits per heavy atom. The van der Waals surface area contributed by atoms with Gasteiger partial charge in [-0.25, -0.2) is 4.79 Å². The Morgan fingerprint density at radius 2 is 1.74 bits per heavy atom. The van der Waals surface area contributed by atoms with Crippen molar-refractivity contribution in [1.29, 1.82) is 0 Å². The molecule has 0 bridgehead atoms. The van der Waals surface area contributed by atoms with Crippen molar-refractivity contribution in [3.05, 3.63) is 0 Å². The van der Waals surface area contributed by atoms with Crippen LogP contribution < -0.4 is 5.32 Å². The number of hydrogen-bond donors (Lipinski definition) is 1. The molecule has 1 saturated carbocycles. The van der Waals surface area contributed by atoms with E-state index in [1.54, 1.807) is 14.2 Å². The molecule has 1 atom stereocenters. The van der Waals surface area contributed by atoms with Crippen LogP contribution in [0.3, 0.4) is 0 Å². The predicted octanol–water partition coefficient (Wildman–Crippen LogP) is 2.69. The smallest absolute Gasteiger partial charge is 0.409 e. The fourth-order valence-corrected chi connectivity index (χ4v) is 2.42. The van der Waals surface area contributed by atoms with Gasteiger partial charge in [-0.15, -0.1) is 0 Å². The number of alkyl carbamates (subject to hydrolysis) is 1. The van der Waals surface area contributed by atoms with Crippen LogP contribution in [0, 0.1) is 5.92 Å². The molecule has 0 heterocycles. The highest BCUT2D eigenvalue weighted by Crippen LogP contribution is 2.28. The molecule has 0 saturated heterocycles. The molecular weight excluding hydrogens is 246 g/mol. The molecule has 5 nitrogen and oxygen atoms in total. The first-order chi connectivity index (χ1) is 8.85. The highest BCUT2D eigenvalue weighted by atomic mass is 16.6. The second-order valence-corrected chi connectivity index (χ2v) is 6.08. The number of methoxy groups -OCH3 is 2. The number of amides is 1. The van der Waals surface area contributed by atoms with E-state index in [9.17, 15) is 4.79 Å². The Bertz CT molecular complexity index is 280. The normalized spacial score (nSPS) is 25.7. The molecule has 0 aliphatic heterocycles. The number of nitrogens with one attached hydrogen (secondary N) is 1. The van der Waals surface area contributed by atoms with E-state index >= 15 is 0 Å². The molecule has 0 spiro atoms. The lowest BCUT2D eigenvalue weighted by Gasteiger charge is -2.33. The van der Waals surface area contributed by atoms with E-state index in [2.05, 4.69) is 5.32 Å². The highest BCUT2D eigenvalue weighted by molar-refractivity contribution is 5.67. The second-order valence-electron chi connectivity index (χ2n) is 6.08. The number of carbonyl (C=O) groups is 1. The Kier molecular flexibility index (Phi) is 6.07. The van der Waals surface area contributed by atoms with Crippen molar-refractivity contribution in [2.24, 2.45) is 5.92 Å². The Morgan fingerprint density at radius 1 is 1.16 bits per heavy atom. The van der Waals surface area contributed by atoms with Crippen LogP contribution in [0.15, 0.2) is 0 Å². The molecule has 0 aromatic heterocycles. The molecule has 1 unspecified atom stereocenters. The van der Waals surface area contributed by atoms with Crippen molar-refractivity contribution >= 4 is 6.09 Å². The zero-order valence-electron chi connectivity index (χ0n) is 12.7. The van der Waals surface area contributed by atoms with Crippen molar-refractivity contribution < 1.29 is 19.0 Å². The fourth-order valence-electron chi connectivity index (χ4n) is 2.42. The molecule has 19 heavy (non-hydrogen) atoms. The van der Waals surface area contributed by atoms with E-state index in [0.717, 1.165) is 25.7 Å². The van der Waals surface area contributed by atoms with Gasteiger partial charge in [0.25, 0.3) is 0 Å². The number of hydrogen-bond acceptors (Lipinski definition) is 4. The molecule has 1 aliphatic carbocycles. The van der Waals surface area contributed by atoms with Crippen molar-refractivity contribution in [3.8, 4) is 0 Å². The van der Waals surface area contributed by atoms with Gasteiger partial charge in [-0.3, -0.25) is 5.32 Å². The lowest BCUT2D eigenvalue weighted by molar-refractivity contribution is -0.0243. The Hall–Kier alpha value is -0.810. The minimum atomic E-state index is -0.490. The van der Waals surface area contributed by atoms with Gasteiger partial charge in [0.05, 0.1) is 6.10 Å². The maximum atomic E-state index is 11.8. The van der Waals surface area contributed by atoms with Crippen molar-refractivity contribution in [3.63, 3.8) is 0 Å². The molecule has 1 amide bonds. The summed E-state index contributed by atoms with van der Waals surface area (Å²) in [6.45, 7) is 5.54. The molecule has 0 aromatic rings. The van der Waals surface area contributed by atoms with Gasteiger partial charge in [0.1, 0.15) is 11.8 Å². The highest BCUT2D eigenvalue weighted by Gasteiger charge is 2.29. The van der Waals surface area contributed by atoms with E-state index < -0.39 is 11.7 Å². The lowest BCUT2D eigenvalue weighted by atomic mass is 9.86. The zero-order chi connectivity index (χ0) is 14.5. The Labute approximate surface area is 116 Å². The first-order valence-corrected chi connectivity index (χ1v) is 6.91. The van der Waals surface area contributed by atoms with Crippen LogP contribution in [0.4, 0.5) is 4.79 Å². The van der Waals surface area contributed by atoms with Gasteiger partial charge < -0.3 is 14.2 Å². The maximum Gasteiger partial charge on any atom is 0.409 e. The van der Waals surface area contributed by atoms with E-state index in [0.29, 0.717) is 12.0 Å². The monoisotopic (exact) mass is 273 g/mol. The number of rotatable bonds is 4. The van der Waals surface area contributed by atoms with Gasteiger partial charge in [0.15, 0.2) is 0 Å². The van der Waals surface area contributed by atoms with Gasteiger partial charge in [0.2, 0.25) is 0 Å². The van der Waals surface area contributed by atoms with Crippen LogP contribution in [0.25, 0.3) is 0 Å². The summed E-state index contributed by atoms with van der Waals surface area (Å²) < 4.78 is 16.0. The molecule has 0 aromatic carbocycles. The standard InChI is InChI=1S/C14H27NO4/c1-14(2,3)19-13(16)15-12(18-5)10-6-8-11(17-4)9-7-10/h10-12H,6-9H2,1-5H3,(H,15,16). The topological polar surface area (TPSA) is 56.8 Å². The van der Waals surface area contributed by atoms with Crippen LogP contribution in [-0.2, 0) is 14.2 Å². The van der Waals surface area contributed by atoms with Crippen LogP contribution in [0.1, 0.15) is 46.5 Å². The summed E-state index contributed by atoms with van der Waals surface area (Å²) in [5.41, 5.74) is -0.490.